The molecule has 0 saturated heterocycles. The van der Waals surface area contributed by atoms with Gasteiger partial charge in [-0.15, -0.1) is 0 Å². The lowest BCUT2D eigenvalue weighted by molar-refractivity contribution is -0.141. The average Bonchev–Trinajstić information content (AvgIpc) is 2.77. The summed E-state index contributed by atoms with van der Waals surface area (Å²) in [4.78, 5) is 36.7. The number of carbonyl (C=O) groups is 2. The number of aryl methyl sites for hydroxylation is 1. The molecule has 0 radical (unpaired) electrons. The summed E-state index contributed by atoms with van der Waals surface area (Å²) in [7, 11) is 2.99. The average molecular weight is 458 g/mol. The summed E-state index contributed by atoms with van der Waals surface area (Å²) >= 11 is 0. The zero-order valence-corrected chi connectivity index (χ0v) is 18.1. The molecule has 8 nitrogen and oxygen atoms in total. The standard InChI is InChI=1S/C22H21F3N6O2/c1-13-8-15(10-16(9-13)29-21-27-7-6-18(30-21)22(23,24)25)14-4-5-17(28-11-14)20(33)31(3)12-19(32)26-2/h4-11H,12H2,1-3H3,(H,26,32)(H,27,29,30). The number of aromatic nitrogens is 3. The van der Waals surface area contributed by atoms with E-state index in [1.807, 2.05) is 13.0 Å². The Morgan fingerprint density at radius 1 is 1.06 bits per heavy atom. The molecule has 2 N–H and O–H groups in total. The number of pyridine rings is 1. The first kappa shape index (κ1) is 23.6. The molecule has 0 saturated carbocycles. The second kappa shape index (κ2) is 9.63. The molecule has 0 aliphatic rings. The summed E-state index contributed by atoms with van der Waals surface area (Å²) in [5.74, 6) is -0.884. The maximum absolute atomic E-state index is 12.9. The lowest BCUT2D eigenvalue weighted by Gasteiger charge is -2.15. The van der Waals surface area contributed by atoms with E-state index in [2.05, 4.69) is 25.6 Å². The summed E-state index contributed by atoms with van der Waals surface area (Å²) in [6, 6.07) is 9.37. The van der Waals surface area contributed by atoms with Crippen LogP contribution < -0.4 is 10.6 Å². The van der Waals surface area contributed by atoms with Crippen molar-refractivity contribution in [3.8, 4) is 11.1 Å². The smallest absolute Gasteiger partial charge is 0.358 e. The van der Waals surface area contributed by atoms with Gasteiger partial charge in [0.25, 0.3) is 5.91 Å². The van der Waals surface area contributed by atoms with E-state index in [1.54, 1.807) is 24.3 Å². The van der Waals surface area contributed by atoms with Gasteiger partial charge in [-0.1, -0.05) is 12.1 Å². The van der Waals surface area contributed by atoms with Crippen LogP contribution in [0, 0.1) is 6.92 Å². The number of benzene rings is 1. The Morgan fingerprint density at radius 2 is 1.82 bits per heavy atom. The summed E-state index contributed by atoms with van der Waals surface area (Å²) < 4.78 is 38.7. The Balaban J connectivity index is 1.81. The van der Waals surface area contributed by atoms with Gasteiger partial charge in [-0.25, -0.2) is 9.97 Å². The minimum Gasteiger partial charge on any atom is -0.358 e. The van der Waals surface area contributed by atoms with E-state index >= 15 is 0 Å². The van der Waals surface area contributed by atoms with Crippen molar-refractivity contribution in [1.29, 1.82) is 0 Å². The fourth-order valence-electron chi connectivity index (χ4n) is 2.98. The van der Waals surface area contributed by atoms with Crippen LogP contribution in [-0.2, 0) is 11.0 Å². The predicted molar refractivity (Wildman–Crippen MR) is 116 cm³/mol. The molecule has 0 atom stereocenters. The number of amides is 2. The number of anilines is 2. The molecule has 172 valence electrons. The van der Waals surface area contributed by atoms with Gasteiger partial charge in [-0.05, 0) is 42.3 Å². The topological polar surface area (TPSA) is 100 Å². The fraction of sp³-hybridized carbons (Fsp3) is 0.227. The molecule has 3 rings (SSSR count). The van der Waals surface area contributed by atoms with Crippen molar-refractivity contribution in [2.45, 2.75) is 13.1 Å². The van der Waals surface area contributed by atoms with Crippen molar-refractivity contribution in [2.75, 3.05) is 26.0 Å². The number of rotatable bonds is 6. The lowest BCUT2D eigenvalue weighted by Crippen LogP contribution is -2.37. The van der Waals surface area contributed by atoms with Gasteiger partial charge in [0, 0.05) is 37.7 Å². The second-order valence-electron chi connectivity index (χ2n) is 7.24. The first-order chi connectivity index (χ1) is 15.6. The maximum atomic E-state index is 12.9. The largest absolute Gasteiger partial charge is 0.433 e. The Labute approximate surface area is 187 Å². The molecule has 2 amide bonds. The van der Waals surface area contributed by atoms with Gasteiger partial charge in [0.15, 0.2) is 0 Å². The van der Waals surface area contributed by atoms with Gasteiger partial charge < -0.3 is 15.5 Å². The van der Waals surface area contributed by atoms with E-state index in [0.29, 0.717) is 11.3 Å². The van der Waals surface area contributed by atoms with Crippen LogP contribution in [0.5, 0.6) is 0 Å². The van der Waals surface area contributed by atoms with Gasteiger partial charge >= 0.3 is 6.18 Å². The van der Waals surface area contributed by atoms with Gasteiger partial charge in [0.05, 0.1) is 6.54 Å². The number of nitrogens with zero attached hydrogens (tertiary/aromatic N) is 4. The molecule has 0 aliphatic heterocycles. The molecular weight excluding hydrogens is 437 g/mol. The van der Waals surface area contributed by atoms with E-state index in [0.717, 1.165) is 23.4 Å². The van der Waals surface area contributed by atoms with Crippen molar-refractivity contribution in [2.24, 2.45) is 0 Å². The van der Waals surface area contributed by atoms with Crippen LogP contribution in [0.25, 0.3) is 11.1 Å². The van der Waals surface area contributed by atoms with Crippen molar-refractivity contribution in [3.05, 3.63) is 65.7 Å². The minimum absolute atomic E-state index is 0.0940. The molecule has 0 spiro atoms. The van der Waals surface area contributed by atoms with Gasteiger partial charge in [-0.3, -0.25) is 14.6 Å². The third-order valence-corrected chi connectivity index (χ3v) is 4.60. The van der Waals surface area contributed by atoms with Crippen LogP contribution >= 0.6 is 0 Å². The number of hydrogen-bond acceptors (Lipinski definition) is 6. The second-order valence-corrected chi connectivity index (χ2v) is 7.24. The summed E-state index contributed by atoms with van der Waals surface area (Å²) in [5, 5.41) is 5.24. The first-order valence-electron chi connectivity index (χ1n) is 9.78. The third kappa shape index (κ3) is 6.03. The highest BCUT2D eigenvalue weighted by atomic mass is 19.4. The number of hydrogen-bond donors (Lipinski definition) is 2. The molecule has 11 heteroatoms. The molecule has 3 aromatic rings. The SMILES string of the molecule is CNC(=O)CN(C)C(=O)c1ccc(-c2cc(C)cc(Nc3nccc(C(F)(F)F)n3)c2)cn1. The van der Waals surface area contributed by atoms with Crippen LogP contribution in [0.3, 0.4) is 0 Å². The van der Waals surface area contributed by atoms with Crippen LogP contribution in [0.1, 0.15) is 21.7 Å². The molecule has 0 aliphatic carbocycles. The number of halogens is 3. The number of alkyl halides is 3. The molecule has 0 bridgehead atoms. The monoisotopic (exact) mass is 458 g/mol. The van der Waals surface area contributed by atoms with Crippen molar-refractivity contribution in [1.82, 2.24) is 25.2 Å². The van der Waals surface area contributed by atoms with E-state index in [4.69, 9.17) is 0 Å². The zero-order chi connectivity index (χ0) is 24.2. The van der Waals surface area contributed by atoms with Gasteiger partial charge in [0.1, 0.15) is 11.4 Å². The van der Waals surface area contributed by atoms with Crippen LogP contribution in [-0.4, -0.2) is 52.3 Å². The maximum Gasteiger partial charge on any atom is 0.433 e. The molecular formula is C22H21F3N6O2. The summed E-state index contributed by atoms with van der Waals surface area (Å²) in [5.41, 5.74) is 1.89. The van der Waals surface area contributed by atoms with Crippen molar-refractivity contribution >= 4 is 23.5 Å². The first-order valence-corrected chi connectivity index (χ1v) is 9.78. The van der Waals surface area contributed by atoms with E-state index in [1.165, 1.54) is 25.2 Å². The normalized spacial score (nSPS) is 11.1. The summed E-state index contributed by atoms with van der Waals surface area (Å²) in [6.45, 7) is 1.74. The van der Waals surface area contributed by atoms with E-state index in [9.17, 15) is 22.8 Å². The summed E-state index contributed by atoms with van der Waals surface area (Å²) in [6.07, 6.45) is -2.02. The molecule has 2 heterocycles. The zero-order valence-electron chi connectivity index (χ0n) is 18.1. The highest BCUT2D eigenvalue weighted by molar-refractivity contribution is 5.95. The van der Waals surface area contributed by atoms with Gasteiger partial charge in [0.2, 0.25) is 11.9 Å². The fourth-order valence-corrected chi connectivity index (χ4v) is 2.98. The third-order valence-electron chi connectivity index (χ3n) is 4.60. The number of likely N-dealkylation sites (N-methyl/N-ethyl adjacent to an activating group) is 2. The van der Waals surface area contributed by atoms with Gasteiger partial charge in [-0.2, -0.15) is 13.2 Å². The van der Waals surface area contributed by atoms with Crippen LogP contribution in [0.15, 0.2) is 48.8 Å². The Hall–Kier alpha value is -4.02. The molecule has 0 fully saturated rings. The van der Waals surface area contributed by atoms with E-state index < -0.39 is 17.8 Å². The number of nitrogens with one attached hydrogen (secondary N) is 2. The molecule has 1 aromatic carbocycles. The minimum atomic E-state index is -4.57. The lowest BCUT2D eigenvalue weighted by atomic mass is 10.0. The van der Waals surface area contributed by atoms with Crippen LogP contribution in [0.4, 0.5) is 24.8 Å². The van der Waals surface area contributed by atoms with Crippen LogP contribution in [0.2, 0.25) is 0 Å². The Bertz CT molecular complexity index is 1170. The quantitative estimate of drug-likeness (QED) is 0.587. The highest BCUT2D eigenvalue weighted by Crippen LogP contribution is 2.29. The predicted octanol–water partition coefficient (Wildman–Crippen LogP) is 3.43. The Morgan fingerprint density at radius 3 is 2.45 bits per heavy atom. The molecule has 0 unspecified atom stereocenters. The Kier molecular flexibility index (Phi) is 6.90. The number of carbonyl (C=O) groups excluding carboxylic acids is 2. The van der Waals surface area contributed by atoms with Crippen molar-refractivity contribution in [3.63, 3.8) is 0 Å². The van der Waals surface area contributed by atoms with Crippen molar-refractivity contribution < 1.29 is 22.8 Å². The highest BCUT2D eigenvalue weighted by Gasteiger charge is 2.32. The molecule has 2 aromatic heterocycles. The van der Waals surface area contributed by atoms with E-state index in [-0.39, 0.29) is 24.1 Å². The molecule has 33 heavy (non-hydrogen) atoms.